The summed E-state index contributed by atoms with van der Waals surface area (Å²) in [4.78, 5) is 22.9. The van der Waals surface area contributed by atoms with Crippen molar-refractivity contribution in [2.24, 2.45) is 10.2 Å². The minimum absolute atomic E-state index is 0.160. The Morgan fingerprint density at radius 2 is 2.26 bits per heavy atom. The highest BCUT2D eigenvalue weighted by atomic mass is 127. The van der Waals surface area contributed by atoms with Crippen LogP contribution in [0, 0.1) is 9.39 Å². The fourth-order valence-corrected chi connectivity index (χ4v) is 3.13. The molecule has 1 aromatic rings. The van der Waals surface area contributed by atoms with Crippen molar-refractivity contribution in [3.8, 4) is 0 Å². The molecule has 1 fully saturated rings. The summed E-state index contributed by atoms with van der Waals surface area (Å²) in [6, 6.07) is 2.68. The van der Waals surface area contributed by atoms with Gasteiger partial charge in [0.15, 0.2) is 5.17 Å². The van der Waals surface area contributed by atoms with E-state index in [-0.39, 0.29) is 10.1 Å². The van der Waals surface area contributed by atoms with Gasteiger partial charge in [0.2, 0.25) is 0 Å². The summed E-state index contributed by atoms with van der Waals surface area (Å²) in [5.41, 5.74) is 0.512. The number of hydrogen-bond acceptors (Lipinski definition) is 6. The van der Waals surface area contributed by atoms with Crippen molar-refractivity contribution < 1.29 is 18.7 Å². The predicted octanol–water partition coefficient (Wildman–Crippen LogP) is 2.80. The molecule has 0 radical (unpaired) electrons. The molecular weight excluding hydrogens is 504 g/mol. The summed E-state index contributed by atoms with van der Waals surface area (Å²) in [7, 11) is 1.22. The Morgan fingerprint density at radius 1 is 1.52 bits per heavy atom. The molecule has 0 bridgehead atoms. The highest BCUT2D eigenvalue weighted by Gasteiger charge is 2.25. The maximum absolute atomic E-state index is 13.4. The molecule has 23 heavy (non-hydrogen) atoms. The Kier molecular flexibility index (Phi) is 6.30. The molecule has 120 valence electrons. The van der Waals surface area contributed by atoms with E-state index >= 15 is 0 Å². The number of hydrogen-bond donors (Lipinski definition) is 1. The van der Waals surface area contributed by atoms with Crippen molar-refractivity contribution >= 4 is 73.5 Å². The van der Waals surface area contributed by atoms with Gasteiger partial charge >= 0.3 is 5.97 Å². The first kappa shape index (κ1) is 18.1. The van der Waals surface area contributed by atoms with E-state index in [0.717, 1.165) is 17.8 Å². The number of nitrogens with zero attached hydrogens (tertiary/aromatic N) is 2. The molecule has 0 atom stereocenters. The van der Waals surface area contributed by atoms with Crippen LogP contribution in [0.4, 0.5) is 4.39 Å². The summed E-state index contributed by atoms with van der Waals surface area (Å²) < 4.78 is 19.2. The molecule has 0 saturated carbocycles. The average molecular weight is 512 g/mol. The number of thioether (sulfide) groups is 1. The Bertz CT molecular complexity index is 767. The topological polar surface area (TPSA) is 80.1 Å². The number of rotatable bonds is 3. The first-order valence-electron chi connectivity index (χ1n) is 5.95. The van der Waals surface area contributed by atoms with Crippen molar-refractivity contribution in [1.29, 1.82) is 0 Å². The maximum Gasteiger partial charge on any atom is 0.331 e. The van der Waals surface area contributed by atoms with Crippen LogP contribution in [0.2, 0.25) is 0 Å². The third-order valence-corrected chi connectivity index (χ3v) is 5.84. The molecule has 0 spiro atoms. The molecule has 0 aromatic heterocycles. The molecule has 6 nitrogen and oxygen atoms in total. The fraction of sp³-hybridized carbons (Fsp3) is 0.0769. The lowest BCUT2D eigenvalue weighted by Gasteiger charge is -2.00. The number of halogens is 3. The Balaban J connectivity index is 2.14. The number of carbonyl (C=O) groups is 2. The van der Waals surface area contributed by atoms with Gasteiger partial charge in [-0.3, -0.25) is 10.1 Å². The molecule has 1 N–H and O–H groups in total. The smallest absolute Gasteiger partial charge is 0.331 e. The van der Waals surface area contributed by atoms with Crippen LogP contribution in [0.15, 0.2) is 37.8 Å². The molecule has 1 aliphatic rings. The minimum atomic E-state index is -0.634. The summed E-state index contributed by atoms with van der Waals surface area (Å²) in [5, 5.41) is 10.3. The summed E-state index contributed by atoms with van der Waals surface area (Å²) in [6.45, 7) is 0. The monoisotopic (exact) mass is 511 g/mol. The molecule has 1 aliphatic heterocycles. The molecule has 1 saturated heterocycles. The molecule has 1 amide bonds. The van der Waals surface area contributed by atoms with Crippen LogP contribution in [0.1, 0.15) is 5.56 Å². The van der Waals surface area contributed by atoms with E-state index in [1.54, 1.807) is 0 Å². The quantitative estimate of drug-likeness (QED) is 0.169. The first-order chi connectivity index (χ1) is 10.9. The number of benzene rings is 1. The Hall–Kier alpha value is -1.27. The van der Waals surface area contributed by atoms with E-state index < -0.39 is 17.7 Å². The maximum atomic E-state index is 13.4. The van der Waals surface area contributed by atoms with Gasteiger partial charge in [-0.25, -0.2) is 9.18 Å². The van der Waals surface area contributed by atoms with E-state index in [4.69, 9.17) is 0 Å². The van der Waals surface area contributed by atoms with E-state index in [1.165, 1.54) is 25.5 Å². The van der Waals surface area contributed by atoms with E-state index in [0.29, 0.717) is 13.6 Å². The molecule has 0 unspecified atom stereocenters. The van der Waals surface area contributed by atoms with E-state index in [9.17, 15) is 14.0 Å². The van der Waals surface area contributed by atoms with Gasteiger partial charge in [-0.15, -0.1) is 5.10 Å². The highest BCUT2D eigenvalue weighted by molar-refractivity contribution is 14.1. The van der Waals surface area contributed by atoms with Gasteiger partial charge in [-0.1, -0.05) is 0 Å². The van der Waals surface area contributed by atoms with Crippen molar-refractivity contribution in [1.82, 2.24) is 5.32 Å². The number of carbonyl (C=O) groups excluding carboxylic acids is 2. The summed E-state index contributed by atoms with van der Waals surface area (Å²) in [5.74, 6) is -1.49. The lowest BCUT2D eigenvalue weighted by atomic mass is 10.2. The molecule has 1 heterocycles. The summed E-state index contributed by atoms with van der Waals surface area (Å²) >= 11 is 6.28. The number of amidine groups is 1. The lowest BCUT2D eigenvalue weighted by molar-refractivity contribution is -0.135. The van der Waals surface area contributed by atoms with Crippen LogP contribution in [-0.2, 0) is 14.3 Å². The van der Waals surface area contributed by atoms with Gasteiger partial charge in [0.25, 0.3) is 5.91 Å². The van der Waals surface area contributed by atoms with Crippen LogP contribution >= 0.6 is 50.3 Å². The highest BCUT2D eigenvalue weighted by Crippen LogP contribution is 2.25. The number of nitrogens with one attached hydrogen (secondary N) is 1. The zero-order chi connectivity index (χ0) is 17.0. The van der Waals surface area contributed by atoms with Gasteiger partial charge in [0.1, 0.15) is 5.82 Å². The van der Waals surface area contributed by atoms with Crippen LogP contribution in [0.25, 0.3) is 0 Å². The Morgan fingerprint density at radius 3 is 2.96 bits per heavy atom. The molecule has 10 heteroatoms. The minimum Gasteiger partial charge on any atom is -0.466 e. The Labute approximate surface area is 156 Å². The zero-order valence-electron chi connectivity index (χ0n) is 11.5. The number of amides is 1. The second kappa shape index (κ2) is 8.02. The normalized spacial score (nSPS) is 18.0. The van der Waals surface area contributed by atoms with Crippen molar-refractivity contribution in [3.63, 3.8) is 0 Å². The van der Waals surface area contributed by atoms with E-state index in [2.05, 4.69) is 36.2 Å². The molecule has 1 aromatic carbocycles. The van der Waals surface area contributed by atoms with Gasteiger partial charge in [0.05, 0.1) is 18.2 Å². The van der Waals surface area contributed by atoms with Crippen LogP contribution in [0.5, 0.6) is 0 Å². The third-order valence-electron chi connectivity index (χ3n) is 2.47. The second-order valence-corrected chi connectivity index (χ2v) is 7.01. The van der Waals surface area contributed by atoms with Crippen molar-refractivity contribution in [2.45, 2.75) is 0 Å². The van der Waals surface area contributed by atoms with Crippen molar-refractivity contribution in [2.75, 3.05) is 7.11 Å². The van der Waals surface area contributed by atoms with Crippen LogP contribution in [-0.4, -0.2) is 30.4 Å². The van der Waals surface area contributed by atoms with E-state index in [1.807, 2.05) is 22.6 Å². The molecule has 2 rings (SSSR count). The van der Waals surface area contributed by atoms with Gasteiger partial charge < -0.3 is 4.74 Å². The number of ether oxygens (including phenoxy) is 1. The van der Waals surface area contributed by atoms with Crippen molar-refractivity contribution in [3.05, 3.63) is 42.5 Å². The third kappa shape index (κ3) is 4.85. The lowest BCUT2D eigenvalue weighted by Crippen LogP contribution is -2.19. The average Bonchev–Trinajstić information content (AvgIpc) is 2.84. The first-order valence-corrected chi connectivity index (χ1v) is 8.64. The second-order valence-electron chi connectivity index (χ2n) is 4.03. The molecule has 0 aliphatic carbocycles. The molecular formula is C13H8BrFIN3O3S. The fourth-order valence-electron chi connectivity index (χ4n) is 1.45. The summed E-state index contributed by atoms with van der Waals surface area (Å²) in [6.07, 6.45) is 2.43. The van der Waals surface area contributed by atoms with Gasteiger partial charge in [-0.2, -0.15) is 5.10 Å². The predicted molar refractivity (Wildman–Crippen MR) is 97.7 cm³/mol. The van der Waals surface area contributed by atoms with Gasteiger partial charge in [-0.05, 0) is 62.4 Å². The van der Waals surface area contributed by atoms with Crippen LogP contribution in [0.3, 0.4) is 0 Å². The number of methoxy groups -OCH3 is 1. The van der Waals surface area contributed by atoms with Gasteiger partial charge in [0, 0.05) is 19.7 Å². The largest absolute Gasteiger partial charge is 0.466 e. The SMILES string of the molecule is COC(=O)/C=C1/S/C(=N\N=Cc2cc(F)cc(I)c2Br)NC1=O. The van der Waals surface area contributed by atoms with Crippen LogP contribution < -0.4 is 5.32 Å². The zero-order valence-corrected chi connectivity index (χ0v) is 16.0. The number of esters is 1. The standard InChI is InChI=1S/C13H8BrFIN3O3S/c1-22-10(20)4-9-12(21)18-13(23-9)19-17-5-6-2-7(15)3-8(16)11(6)14/h2-5H,1H3,(H,18,19,21)/b9-4+,17-5?.